The molecule has 1 aliphatic heterocycles. The number of carbonyl (C=O) groups is 3. The third-order valence-electron chi connectivity index (χ3n) is 4.85. The van der Waals surface area contributed by atoms with Crippen LogP contribution in [0, 0.1) is 0 Å². The molecular formula is C24H21N3O4. The maximum atomic E-state index is 13.1. The molecule has 31 heavy (non-hydrogen) atoms. The van der Waals surface area contributed by atoms with Gasteiger partial charge in [0.1, 0.15) is 12.3 Å². The minimum Gasteiger partial charge on any atom is -0.480 e. The van der Waals surface area contributed by atoms with Gasteiger partial charge < -0.3 is 15.4 Å². The van der Waals surface area contributed by atoms with Crippen molar-refractivity contribution in [1.29, 1.82) is 0 Å². The van der Waals surface area contributed by atoms with Crippen molar-refractivity contribution in [2.24, 2.45) is 0 Å². The van der Waals surface area contributed by atoms with Crippen LogP contribution in [-0.4, -0.2) is 30.4 Å². The number of hydrogen-bond acceptors (Lipinski definition) is 4. The lowest BCUT2D eigenvalue weighted by molar-refractivity contribution is -0.126. The molecule has 1 aliphatic rings. The van der Waals surface area contributed by atoms with Crippen LogP contribution in [0.15, 0.2) is 78.9 Å². The Morgan fingerprint density at radius 1 is 0.968 bits per heavy atom. The van der Waals surface area contributed by atoms with Crippen molar-refractivity contribution in [2.45, 2.75) is 13.0 Å². The average Bonchev–Trinajstić information content (AvgIpc) is 2.79. The molecule has 3 aromatic carbocycles. The molecule has 2 N–H and O–H groups in total. The summed E-state index contributed by atoms with van der Waals surface area (Å²) in [6.07, 6.45) is -0.912. The molecule has 7 heteroatoms. The van der Waals surface area contributed by atoms with Crippen molar-refractivity contribution in [3.05, 3.63) is 84.4 Å². The van der Waals surface area contributed by atoms with Gasteiger partial charge in [-0.25, -0.2) is 0 Å². The van der Waals surface area contributed by atoms with Gasteiger partial charge in [0.05, 0.1) is 16.9 Å². The number of nitrogens with one attached hydrogen (secondary N) is 2. The zero-order valence-corrected chi connectivity index (χ0v) is 16.9. The van der Waals surface area contributed by atoms with Crippen molar-refractivity contribution < 1.29 is 19.1 Å². The zero-order chi connectivity index (χ0) is 21.8. The van der Waals surface area contributed by atoms with E-state index in [9.17, 15) is 14.4 Å². The SMILES string of the molecule is CC(Oc1ccccc1C(=O)Nc1ccccc1)C(=O)N1CC(=O)Nc2ccccc21. The first kappa shape index (κ1) is 20.2. The van der Waals surface area contributed by atoms with E-state index in [2.05, 4.69) is 10.6 Å². The second kappa shape index (κ2) is 8.71. The molecule has 0 fully saturated rings. The summed E-state index contributed by atoms with van der Waals surface area (Å²) in [5, 5.41) is 5.57. The highest BCUT2D eigenvalue weighted by atomic mass is 16.5. The fourth-order valence-corrected chi connectivity index (χ4v) is 3.37. The van der Waals surface area contributed by atoms with Gasteiger partial charge in [-0.3, -0.25) is 19.3 Å². The Hall–Kier alpha value is -4.13. The van der Waals surface area contributed by atoms with Gasteiger partial charge in [-0.2, -0.15) is 0 Å². The number of amides is 3. The Morgan fingerprint density at radius 3 is 2.45 bits per heavy atom. The number of carbonyl (C=O) groups excluding carboxylic acids is 3. The third kappa shape index (κ3) is 4.40. The van der Waals surface area contributed by atoms with Gasteiger partial charge in [-0.15, -0.1) is 0 Å². The average molecular weight is 415 g/mol. The molecule has 0 radical (unpaired) electrons. The van der Waals surface area contributed by atoms with Gasteiger partial charge >= 0.3 is 0 Å². The number of ether oxygens (including phenoxy) is 1. The summed E-state index contributed by atoms with van der Waals surface area (Å²) in [7, 11) is 0. The van der Waals surface area contributed by atoms with Gasteiger partial charge in [-0.05, 0) is 43.3 Å². The van der Waals surface area contributed by atoms with Crippen LogP contribution < -0.4 is 20.3 Å². The summed E-state index contributed by atoms with van der Waals surface area (Å²) >= 11 is 0. The summed E-state index contributed by atoms with van der Waals surface area (Å²) in [5.74, 6) is -0.710. The summed E-state index contributed by atoms with van der Waals surface area (Å²) in [4.78, 5) is 39.3. The van der Waals surface area contributed by atoms with E-state index in [-0.39, 0.29) is 30.0 Å². The second-order valence-electron chi connectivity index (χ2n) is 7.07. The lowest BCUT2D eigenvalue weighted by atomic mass is 10.1. The first-order valence-corrected chi connectivity index (χ1v) is 9.85. The highest BCUT2D eigenvalue weighted by Crippen LogP contribution is 2.30. The van der Waals surface area contributed by atoms with E-state index < -0.39 is 6.10 Å². The molecule has 0 saturated heterocycles. The van der Waals surface area contributed by atoms with Gasteiger partial charge in [0.2, 0.25) is 5.91 Å². The molecule has 0 aliphatic carbocycles. The van der Waals surface area contributed by atoms with E-state index in [1.165, 1.54) is 4.90 Å². The predicted octanol–water partition coefficient (Wildman–Crippen LogP) is 3.69. The van der Waals surface area contributed by atoms with E-state index in [1.807, 2.05) is 18.2 Å². The largest absolute Gasteiger partial charge is 0.480 e. The number of fused-ring (bicyclic) bond motifs is 1. The molecule has 3 aromatic rings. The van der Waals surface area contributed by atoms with Gasteiger partial charge in [0.25, 0.3) is 11.8 Å². The maximum absolute atomic E-state index is 13.1. The number of rotatable bonds is 5. The van der Waals surface area contributed by atoms with Crippen molar-refractivity contribution in [3.8, 4) is 5.75 Å². The molecule has 3 amide bonds. The normalized spacial score (nSPS) is 13.6. The topological polar surface area (TPSA) is 87.7 Å². The summed E-state index contributed by atoms with van der Waals surface area (Å²) in [6, 6.07) is 22.9. The smallest absolute Gasteiger partial charge is 0.268 e. The molecule has 0 spiro atoms. The first-order valence-electron chi connectivity index (χ1n) is 9.85. The maximum Gasteiger partial charge on any atom is 0.268 e. The van der Waals surface area contributed by atoms with Crippen LogP contribution in [0.3, 0.4) is 0 Å². The Morgan fingerprint density at radius 2 is 1.65 bits per heavy atom. The molecule has 1 atom stereocenters. The molecule has 0 aromatic heterocycles. The van der Waals surface area contributed by atoms with Gasteiger partial charge in [0.15, 0.2) is 6.10 Å². The van der Waals surface area contributed by atoms with E-state index in [1.54, 1.807) is 67.6 Å². The highest BCUT2D eigenvalue weighted by Gasteiger charge is 2.31. The monoisotopic (exact) mass is 415 g/mol. The minimum absolute atomic E-state index is 0.0975. The summed E-state index contributed by atoms with van der Waals surface area (Å²) in [5.41, 5.74) is 2.14. The Balaban J connectivity index is 1.53. The van der Waals surface area contributed by atoms with Gasteiger partial charge in [0, 0.05) is 5.69 Å². The standard InChI is InChI=1S/C24H21N3O4/c1-16(24(30)27-15-22(28)26-19-12-6-7-13-20(19)27)31-21-14-8-5-11-18(21)23(29)25-17-9-3-2-4-10-17/h2-14,16H,15H2,1H3,(H,25,29)(H,26,28). The quantitative estimate of drug-likeness (QED) is 0.665. The zero-order valence-electron chi connectivity index (χ0n) is 16.9. The third-order valence-corrected chi connectivity index (χ3v) is 4.85. The Bertz CT molecular complexity index is 1130. The lowest BCUT2D eigenvalue weighted by Gasteiger charge is -2.31. The minimum atomic E-state index is -0.912. The van der Waals surface area contributed by atoms with Crippen molar-refractivity contribution in [1.82, 2.24) is 0 Å². The van der Waals surface area contributed by atoms with E-state index in [0.29, 0.717) is 22.6 Å². The molecule has 1 heterocycles. The Labute approximate surface area is 179 Å². The number of hydrogen-bond donors (Lipinski definition) is 2. The molecular weight excluding hydrogens is 394 g/mol. The molecule has 4 rings (SSSR count). The molecule has 7 nitrogen and oxygen atoms in total. The van der Waals surface area contributed by atoms with Crippen LogP contribution in [0.5, 0.6) is 5.75 Å². The number of benzene rings is 3. The summed E-state index contributed by atoms with van der Waals surface area (Å²) < 4.78 is 5.89. The second-order valence-corrected chi connectivity index (χ2v) is 7.07. The number of nitrogens with zero attached hydrogens (tertiary/aromatic N) is 1. The summed E-state index contributed by atoms with van der Waals surface area (Å²) in [6.45, 7) is 1.50. The van der Waals surface area contributed by atoms with Crippen LogP contribution in [0.4, 0.5) is 17.1 Å². The number of para-hydroxylation sites is 4. The van der Waals surface area contributed by atoms with E-state index in [4.69, 9.17) is 4.74 Å². The molecule has 156 valence electrons. The van der Waals surface area contributed by atoms with Gasteiger partial charge in [-0.1, -0.05) is 42.5 Å². The fraction of sp³-hybridized carbons (Fsp3) is 0.125. The predicted molar refractivity (Wildman–Crippen MR) is 118 cm³/mol. The lowest BCUT2D eigenvalue weighted by Crippen LogP contribution is -2.47. The van der Waals surface area contributed by atoms with Crippen LogP contribution in [0.2, 0.25) is 0 Å². The van der Waals surface area contributed by atoms with E-state index >= 15 is 0 Å². The molecule has 0 saturated carbocycles. The van der Waals surface area contributed by atoms with Crippen LogP contribution in [0.1, 0.15) is 17.3 Å². The van der Waals surface area contributed by atoms with Crippen LogP contribution >= 0.6 is 0 Å². The Kier molecular flexibility index (Phi) is 5.66. The van der Waals surface area contributed by atoms with Crippen molar-refractivity contribution in [2.75, 3.05) is 22.1 Å². The van der Waals surface area contributed by atoms with Crippen molar-refractivity contribution in [3.63, 3.8) is 0 Å². The first-order chi connectivity index (χ1) is 15.0. The van der Waals surface area contributed by atoms with Crippen molar-refractivity contribution >= 4 is 34.8 Å². The molecule has 1 unspecified atom stereocenters. The van der Waals surface area contributed by atoms with E-state index in [0.717, 1.165) is 0 Å². The highest BCUT2D eigenvalue weighted by molar-refractivity contribution is 6.11. The number of anilines is 3. The van der Waals surface area contributed by atoms with Crippen LogP contribution in [0.25, 0.3) is 0 Å². The fourth-order valence-electron chi connectivity index (χ4n) is 3.37. The van der Waals surface area contributed by atoms with Crippen LogP contribution in [-0.2, 0) is 9.59 Å². The molecule has 0 bridgehead atoms.